The summed E-state index contributed by atoms with van der Waals surface area (Å²) in [5.74, 6) is 0.816. The monoisotopic (exact) mass is 283 g/mol. The summed E-state index contributed by atoms with van der Waals surface area (Å²) in [7, 11) is 0. The molecule has 3 nitrogen and oxygen atoms in total. The molecule has 2 aromatic heterocycles. The Labute approximate surface area is 100 Å². The van der Waals surface area contributed by atoms with E-state index in [4.69, 9.17) is 5.73 Å². The molecule has 0 aliphatic rings. The third-order valence-corrected chi connectivity index (χ3v) is 3.49. The molecule has 0 fully saturated rings. The average Bonchev–Trinajstić information content (AvgIpc) is 2.58. The van der Waals surface area contributed by atoms with E-state index < -0.39 is 0 Å². The molecule has 0 saturated heterocycles. The van der Waals surface area contributed by atoms with Gasteiger partial charge >= 0.3 is 0 Å². The molecule has 2 heterocycles. The van der Waals surface area contributed by atoms with Crippen LogP contribution in [0.25, 0.3) is 0 Å². The van der Waals surface area contributed by atoms with Gasteiger partial charge in [0.1, 0.15) is 5.82 Å². The fourth-order valence-electron chi connectivity index (χ4n) is 1.15. The van der Waals surface area contributed by atoms with Crippen LogP contribution in [-0.2, 0) is 0 Å². The summed E-state index contributed by atoms with van der Waals surface area (Å²) in [6.45, 7) is 1.89. The maximum atomic E-state index is 5.69. The molecule has 0 aliphatic heterocycles. The van der Waals surface area contributed by atoms with Crippen LogP contribution in [0.5, 0.6) is 0 Å². The Balaban J connectivity index is 2.21. The number of aryl methyl sites for hydroxylation is 1. The molecule has 0 amide bonds. The number of aromatic nitrogens is 1. The fraction of sp³-hybridized carbons (Fsp3) is 0.100. The van der Waals surface area contributed by atoms with Gasteiger partial charge in [-0.05, 0) is 47.1 Å². The standard InChI is InChI=1S/C10H10BrN3S/c1-6-7(12)2-4-9(13-6)14-10-5-3-8(11)15-10/h2-5H,12H2,1H3,(H,13,14). The number of halogens is 1. The molecule has 0 unspecified atom stereocenters. The number of nitrogen functional groups attached to an aromatic ring is 1. The Morgan fingerprint density at radius 3 is 2.73 bits per heavy atom. The van der Waals surface area contributed by atoms with Crippen molar-refractivity contribution in [1.82, 2.24) is 4.98 Å². The number of nitrogens with one attached hydrogen (secondary N) is 1. The molecule has 15 heavy (non-hydrogen) atoms. The van der Waals surface area contributed by atoms with E-state index in [1.54, 1.807) is 11.3 Å². The first kappa shape index (κ1) is 10.4. The van der Waals surface area contributed by atoms with E-state index in [2.05, 4.69) is 26.2 Å². The van der Waals surface area contributed by atoms with Crippen LogP contribution in [0.3, 0.4) is 0 Å². The highest BCUT2D eigenvalue weighted by atomic mass is 79.9. The highest BCUT2D eigenvalue weighted by Gasteiger charge is 2.01. The molecular weight excluding hydrogens is 274 g/mol. The average molecular weight is 284 g/mol. The van der Waals surface area contributed by atoms with Crippen LogP contribution >= 0.6 is 27.3 Å². The zero-order valence-corrected chi connectivity index (χ0v) is 10.5. The van der Waals surface area contributed by atoms with Crippen molar-refractivity contribution in [1.29, 1.82) is 0 Å². The van der Waals surface area contributed by atoms with Crippen molar-refractivity contribution in [3.63, 3.8) is 0 Å². The minimum absolute atomic E-state index is 0.716. The normalized spacial score (nSPS) is 10.3. The lowest BCUT2D eigenvalue weighted by molar-refractivity contribution is 1.21. The van der Waals surface area contributed by atoms with E-state index in [1.807, 2.05) is 31.2 Å². The molecule has 5 heteroatoms. The summed E-state index contributed by atoms with van der Waals surface area (Å²) < 4.78 is 1.09. The van der Waals surface area contributed by atoms with E-state index in [0.717, 1.165) is 20.3 Å². The highest BCUT2D eigenvalue weighted by molar-refractivity contribution is 9.11. The second-order valence-corrected chi connectivity index (χ2v) is 5.56. The third kappa shape index (κ3) is 2.49. The number of nitrogens with zero attached hydrogens (tertiary/aromatic N) is 1. The predicted molar refractivity (Wildman–Crippen MR) is 68.7 cm³/mol. The lowest BCUT2D eigenvalue weighted by Gasteiger charge is -2.04. The molecule has 3 N–H and O–H groups in total. The summed E-state index contributed by atoms with van der Waals surface area (Å²) in [5, 5.41) is 4.27. The molecule has 78 valence electrons. The van der Waals surface area contributed by atoms with Crippen molar-refractivity contribution in [2.45, 2.75) is 6.92 Å². The van der Waals surface area contributed by atoms with Crippen molar-refractivity contribution in [2.75, 3.05) is 11.1 Å². The SMILES string of the molecule is Cc1nc(Nc2ccc(Br)s2)ccc1N. The first-order valence-electron chi connectivity index (χ1n) is 4.40. The topological polar surface area (TPSA) is 50.9 Å². The van der Waals surface area contributed by atoms with Crippen LogP contribution in [0.1, 0.15) is 5.69 Å². The molecule has 0 atom stereocenters. The number of hydrogen-bond donors (Lipinski definition) is 2. The van der Waals surface area contributed by atoms with Crippen molar-refractivity contribution >= 4 is 43.8 Å². The number of nitrogens with two attached hydrogens (primary N) is 1. The van der Waals surface area contributed by atoms with Crippen molar-refractivity contribution in [3.05, 3.63) is 33.7 Å². The van der Waals surface area contributed by atoms with Crippen LogP contribution in [0.4, 0.5) is 16.5 Å². The van der Waals surface area contributed by atoms with E-state index in [1.165, 1.54) is 0 Å². The van der Waals surface area contributed by atoms with Crippen molar-refractivity contribution < 1.29 is 0 Å². The summed E-state index contributed by atoms with van der Waals surface area (Å²) in [6.07, 6.45) is 0. The quantitative estimate of drug-likeness (QED) is 0.886. The van der Waals surface area contributed by atoms with Gasteiger partial charge in [0.2, 0.25) is 0 Å². The van der Waals surface area contributed by atoms with Crippen LogP contribution in [-0.4, -0.2) is 4.98 Å². The number of anilines is 3. The van der Waals surface area contributed by atoms with Gasteiger partial charge in [0.15, 0.2) is 0 Å². The van der Waals surface area contributed by atoms with E-state index in [0.29, 0.717) is 5.69 Å². The smallest absolute Gasteiger partial charge is 0.131 e. The van der Waals surface area contributed by atoms with E-state index in [9.17, 15) is 0 Å². The first-order chi connectivity index (χ1) is 7.15. The molecule has 0 bridgehead atoms. The minimum Gasteiger partial charge on any atom is -0.397 e. The Morgan fingerprint density at radius 1 is 1.33 bits per heavy atom. The van der Waals surface area contributed by atoms with E-state index in [-0.39, 0.29) is 0 Å². The minimum atomic E-state index is 0.716. The number of hydrogen-bond acceptors (Lipinski definition) is 4. The Kier molecular flexibility index (Phi) is 2.93. The molecule has 0 spiro atoms. The van der Waals surface area contributed by atoms with Crippen LogP contribution in [0.15, 0.2) is 28.1 Å². The molecule has 0 radical (unpaired) electrons. The maximum Gasteiger partial charge on any atom is 0.131 e. The van der Waals surface area contributed by atoms with E-state index >= 15 is 0 Å². The molecule has 0 saturated carbocycles. The predicted octanol–water partition coefficient (Wildman–Crippen LogP) is 3.54. The van der Waals surface area contributed by atoms with Gasteiger partial charge in [0, 0.05) is 0 Å². The lowest BCUT2D eigenvalue weighted by atomic mass is 10.3. The number of pyridine rings is 1. The van der Waals surface area contributed by atoms with Crippen molar-refractivity contribution in [3.8, 4) is 0 Å². The van der Waals surface area contributed by atoms with Gasteiger partial charge in [-0.2, -0.15) is 0 Å². The van der Waals surface area contributed by atoms with Gasteiger partial charge in [-0.25, -0.2) is 4.98 Å². The number of thiophene rings is 1. The summed E-state index contributed by atoms with van der Waals surface area (Å²) in [4.78, 5) is 4.33. The van der Waals surface area contributed by atoms with Gasteiger partial charge < -0.3 is 11.1 Å². The van der Waals surface area contributed by atoms with Crippen molar-refractivity contribution in [2.24, 2.45) is 0 Å². The van der Waals surface area contributed by atoms with Crippen LogP contribution in [0.2, 0.25) is 0 Å². The number of rotatable bonds is 2. The Bertz CT molecular complexity index is 481. The zero-order valence-electron chi connectivity index (χ0n) is 8.12. The summed E-state index contributed by atoms with van der Waals surface area (Å²) in [5.41, 5.74) is 7.25. The fourth-order valence-corrected chi connectivity index (χ4v) is 2.44. The summed E-state index contributed by atoms with van der Waals surface area (Å²) >= 11 is 5.04. The molecule has 0 aromatic carbocycles. The highest BCUT2D eigenvalue weighted by Crippen LogP contribution is 2.28. The van der Waals surface area contributed by atoms with Gasteiger partial charge in [0.25, 0.3) is 0 Å². The summed E-state index contributed by atoms with van der Waals surface area (Å²) in [6, 6.07) is 7.72. The van der Waals surface area contributed by atoms with Gasteiger partial charge in [0.05, 0.1) is 20.2 Å². The van der Waals surface area contributed by atoms with Gasteiger partial charge in [-0.15, -0.1) is 11.3 Å². The molecular formula is C10H10BrN3S. The van der Waals surface area contributed by atoms with Gasteiger partial charge in [-0.3, -0.25) is 0 Å². The Morgan fingerprint density at radius 2 is 2.13 bits per heavy atom. The molecule has 0 aliphatic carbocycles. The second-order valence-electron chi connectivity index (χ2n) is 3.10. The first-order valence-corrected chi connectivity index (χ1v) is 6.01. The second kappa shape index (κ2) is 4.20. The zero-order chi connectivity index (χ0) is 10.8. The third-order valence-electron chi connectivity index (χ3n) is 1.95. The molecule has 2 rings (SSSR count). The van der Waals surface area contributed by atoms with Crippen LogP contribution < -0.4 is 11.1 Å². The lowest BCUT2D eigenvalue weighted by Crippen LogP contribution is -1.96. The largest absolute Gasteiger partial charge is 0.397 e. The van der Waals surface area contributed by atoms with Gasteiger partial charge in [-0.1, -0.05) is 0 Å². The van der Waals surface area contributed by atoms with Crippen LogP contribution in [0, 0.1) is 6.92 Å². The maximum absolute atomic E-state index is 5.69. The Hall–Kier alpha value is -1.07. The molecule has 2 aromatic rings.